The molecule has 0 saturated carbocycles. The maximum atomic E-state index is 12.1. The van der Waals surface area contributed by atoms with E-state index in [1.807, 2.05) is 13.8 Å². The van der Waals surface area contributed by atoms with Gasteiger partial charge in [0.05, 0.1) is 5.75 Å². The molecule has 0 amide bonds. The summed E-state index contributed by atoms with van der Waals surface area (Å²) < 4.78 is 25.9. The molecule has 2 saturated heterocycles. The molecule has 0 aromatic carbocycles. The Morgan fingerprint density at radius 3 is 2.06 bits per heavy atom. The molecule has 0 N–H and O–H groups in total. The molecule has 0 aromatic rings. The van der Waals surface area contributed by atoms with Gasteiger partial charge in [-0.1, -0.05) is 13.8 Å². The SMILES string of the molecule is CC(C)CS(=O)(=O)N1CC2CN(C)CC2C1. The van der Waals surface area contributed by atoms with Gasteiger partial charge in [-0.15, -0.1) is 0 Å². The molecule has 94 valence electrons. The van der Waals surface area contributed by atoms with E-state index in [1.54, 1.807) is 4.31 Å². The highest BCUT2D eigenvalue weighted by Gasteiger charge is 2.42. The van der Waals surface area contributed by atoms with Gasteiger partial charge in [0, 0.05) is 26.2 Å². The van der Waals surface area contributed by atoms with Gasteiger partial charge in [-0.3, -0.25) is 0 Å². The van der Waals surface area contributed by atoms with Gasteiger partial charge in [0.15, 0.2) is 0 Å². The molecular weight excluding hydrogens is 224 g/mol. The fourth-order valence-corrected chi connectivity index (χ4v) is 4.83. The molecule has 0 radical (unpaired) electrons. The van der Waals surface area contributed by atoms with Gasteiger partial charge < -0.3 is 4.90 Å². The number of sulfonamides is 1. The molecule has 2 aliphatic heterocycles. The van der Waals surface area contributed by atoms with Crippen LogP contribution in [0.2, 0.25) is 0 Å². The normalized spacial score (nSPS) is 32.5. The summed E-state index contributed by atoms with van der Waals surface area (Å²) in [6.45, 7) is 7.51. The molecule has 0 aliphatic carbocycles. The zero-order valence-corrected chi connectivity index (χ0v) is 11.2. The average Bonchev–Trinajstić information content (AvgIpc) is 2.57. The Balaban J connectivity index is 2.00. The van der Waals surface area contributed by atoms with Crippen LogP contribution in [-0.4, -0.2) is 56.6 Å². The standard InChI is InChI=1S/C11H22N2O2S/c1-9(2)8-16(14,15)13-6-10-4-12(3)5-11(10)7-13/h9-11H,4-8H2,1-3H3. The maximum Gasteiger partial charge on any atom is 0.214 e. The van der Waals surface area contributed by atoms with Crippen molar-refractivity contribution in [2.45, 2.75) is 13.8 Å². The first-order chi connectivity index (χ1) is 7.38. The van der Waals surface area contributed by atoms with Crippen LogP contribution in [0.25, 0.3) is 0 Å². The van der Waals surface area contributed by atoms with Crippen LogP contribution < -0.4 is 0 Å². The fourth-order valence-electron chi connectivity index (χ4n) is 2.94. The highest BCUT2D eigenvalue weighted by molar-refractivity contribution is 7.89. The molecular formula is C11H22N2O2S. The number of likely N-dealkylation sites (tertiary alicyclic amines) is 1. The van der Waals surface area contributed by atoms with E-state index in [1.165, 1.54) is 0 Å². The molecule has 16 heavy (non-hydrogen) atoms. The summed E-state index contributed by atoms with van der Waals surface area (Å²) in [5.74, 6) is 1.63. The van der Waals surface area contributed by atoms with Crippen molar-refractivity contribution < 1.29 is 8.42 Å². The molecule has 2 rings (SSSR count). The van der Waals surface area contributed by atoms with Crippen molar-refractivity contribution in [2.24, 2.45) is 17.8 Å². The molecule has 0 spiro atoms. The Hall–Kier alpha value is -0.130. The second kappa shape index (κ2) is 4.27. The first kappa shape index (κ1) is 12.3. The van der Waals surface area contributed by atoms with Gasteiger partial charge in [0.1, 0.15) is 0 Å². The van der Waals surface area contributed by atoms with Crippen molar-refractivity contribution in [3.63, 3.8) is 0 Å². The molecule has 0 bridgehead atoms. The summed E-state index contributed by atoms with van der Waals surface area (Å²) in [6, 6.07) is 0. The first-order valence-electron chi connectivity index (χ1n) is 6.05. The van der Waals surface area contributed by atoms with Crippen molar-refractivity contribution in [3.05, 3.63) is 0 Å². The Kier molecular flexibility index (Phi) is 3.29. The third-order valence-corrected chi connectivity index (χ3v) is 5.75. The third-order valence-electron chi connectivity index (χ3n) is 3.57. The van der Waals surface area contributed by atoms with Gasteiger partial charge in [-0.2, -0.15) is 0 Å². The lowest BCUT2D eigenvalue weighted by atomic mass is 10.0. The molecule has 2 fully saturated rings. The minimum absolute atomic E-state index is 0.216. The van der Waals surface area contributed by atoms with Gasteiger partial charge in [-0.05, 0) is 24.8 Å². The average molecular weight is 246 g/mol. The van der Waals surface area contributed by atoms with E-state index < -0.39 is 10.0 Å². The van der Waals surface area contributed by atoms with E-state index in [-0.39, 0.29) is 5.92 Å². The number of fused-ring (bicyclic) bond motifs is 1. The zero-order chi connectivity index (χ0) is 11.9. The Morgan fingerprint density at radius 2 is 1.62 bits per heavy atom. The quantitative estimate of drug-likeness (QED) is 0.726. The topological polar surface area (TPSA) is 40.6 Å². The monoisotopic (exact) mass is 246 g/mol. The second-order valence-corrected chi connectivity index (χ2v) is 7.74. The summed E-state index contributed by atoms with van der Waals surface area (Å²) in [5, 5.41) is 0. The highest BCUT2D eigenvalue weighted by Crippen LogP contribution is 2.32. The van der Waals surface area contributed by atoms with Crippen LogP contribution in [0.1, 0.15) is 13.8 Å². The number of nitrogens with zero attached hydrogens (tertiary/aromatic N) is 2. The predicted molar refractivity (Wildman–Crippen MR) is 64.7 cm³/mol. The van der Waals surface area contributed by atoms with E-state index in [0.29, 0.717) is 17.6 Å². The van der Waals surface area contributed by atoms with Crippen LogP contribution >= 0.6 is 0 Å². The van der Waals surface area contributed by atoms with Crippen molar-refractivity contribution >= 4 is 10.0 Å². The Labute approximate surface area is 98.7 Å². The van der Waals surface area contributed by atoms with Gasteiger partial charge in [-0.25, -0.2) is 12.7 Å². The van der Waals surface area contributed by atoms with Crippen LogP contribution in [0.4, 0.5) is 0 Å². The van der Waals surface area contributed by atoms with Crippen molar-refractivity contribution in [2.75, 3.05) is 39.0 Å². The van der Waals surface area contributed by atoms with E-state index in [9.17, 15) is 8.42 Å². The molecule has 2 unspecified atom stereocenters. The molecule has 2 aliphatic rings. The lowest BCUT2D eigenvalue weighted by Gasteiger charge is -2.20. The van der Waals surface area contributed by atoms with Gasteiger partial charge in [0.2, 0.25) is 10.0 Å². The summed E-state index contributed by atoms with van der Waals surface area (Å²) in [7, 11) is -0.888. The van der Waals surface area contributed by atoms with Crippen LogP contribution in [0, 0.1) is 17.8 Å². The van der Waals surface area contributed by atoms with Gasteiger partial charge >= 0.3 is 0 Å². The molecule has 5 heteroatoms. The summed E-state index contributed by atoms with van der Waals surface area (Å²) in [4.78, 5) is 2.31. The number of rotatable bonds is 3. The summed E-state index contributed by atoms with van der Waals surface area (Å²) in [5.41, 5.74) is 0. The van der Waals surface area contributed by atoms with E-state index in [0.717, 1.165) is 26.2 Å². The maximum absolute atomic E-state index is 12.1. The van der Waals surface area contributed by atoms with Crippen LogP contribution in [0.5, 0.6) is 0 Å². The van der Waals surface area contributed by atoms with E-state index in [4.69, 9.17) is 0 Å². The second-order valence-electron chi connectivity index (χ2n) is 5.73. The van der Waals surface area contributed by atoms with Crippen LogP contribution in [0.15, 0.2) is 0 Å². The number of hydrogen-bond donors (Lipinski definition) is 0. The highest BCUT2D eigenvalue weighted by atomic mass is 32.2. The molecule has 0 aromatic heterocycles. The van der Waals surface area contributed by atoms with E-state index in [2.05, 4.69) is 11.9 Å². The third kappa shape index (κ3) is 2.41. The van der Waals surface area contributed by atoms with E-state index >= 15 is 0 Å². The van der Waals surface area contributed by atoms with Crippen molar-refractivity contribution in [3.8, 4) is 0 Å². The first-order valence-corrected chi connectivity index (χ1v) is 7.66. The molecule has 4 nitrogen and oxygen atoms in total. The number of hydrogen-bond acceptors (Lipinski definition) is 3. The minimum Gasteiger partial charge on any atom is -0.306 e. The van der Waals surface area contributed by atoms with Gasteiger partial charge in [0.25, 0.3) is 0 Å². The van der Waals surface area contributed by atoms with Crippen molar-refractivity contribution in [1.82, 2.24) is 9.21 Å². The predicted octanol–water partition coefficient (Wildman–Crippen LogP) is 0.466. The largest absolute Gasteiger partial charge is 0.306 e. The lowest BCUT2D eigenvalue weighted by Crippen LogP contribution is -2.35. The molecule has 2 atom stereocenters. The van der Waals surface area contributed by atoms with Crippen LogP contribution in [0.3, 0.4) is 0 Å². The summed E-state index contributed by atoms with van der Waals surface area (Å²) in [6.07, 6.45) is 0. The van der Waals surface area contributed by atoms with Crippen LogP contribution in [-0.2, 0) is 10.0 Å². The lowest BCUT2D eigenvalue weighted by molar-refractivity contribution is 0.349. The molecule has 2 heterocycles. The van der Waals surface area contributed by atoms with Crippen molar-refractivity contribution in [1.29, 1.82) is 0 Å². The smallest absolute Gasteiger partial charge is 0.214 e. The summed E-state index contributed by atoms with van der Waals surface area (Å²) >= 11 is 0. The zero-order valence-electron chi connectivity index (χ0n) is 10.4. The Bertz CT molecular complexity index is 339. The minimum atomic E-state index is -3.00. The fraction of sp³-hybridized carbons (Fsp3) is 1.00. The Morgan fingerprint density at radius 1 is 1.12 bits per heavy atom.